The van der Waals surface area contributed by atoms with Crippen molar-refractivity contribution in [3.05, 3.63) is 54.9 Å². The summed E-state index contributed by atoms with van der Waals surface area (Å²) in [7, 11) is 0. The van der Waals surface area contributed by atoms with Gasteiger partial charge >= 0.3 is 23.9 Å². The summed E-state index contributed by atoms with van der Waals surface area (Å²) >= 11 is 2.54. The van der Waals surface area contributed by atoms with Crippen LogP contribution in [0.3, 0.4) is 0 Å². The Morgan fingerprint density at radius 1 is 0.786 bits per heavy atom. The first-order valence-electron chi connectivity index (χ1n) is 6.92. The molecule has 1 atom stereocenters. The average molecular weight is 641 g/mol. The molecule has 0 N–H and O–H groups in total. The normalized spacial score (nSPS) is 15.4. The predicted molar refractivity (Wildman–Crippen MR) is 95.9 cm³/mol. The van der Waals surface area contributed by atoms with E-state index >= 15 is 4.39 Å². The summed E-state index contributed by atoms with van der Waals surface area (Å²) in [5.74, 6) is -8.10. The van der Waals surface area contributed by atoms with Crippen molar-refractivity contribution < 1.29 is 43.9 Å². The van der Waals surface area contributed by atoms with Crippen molar-refractivity contribution >= 4 is 45.2 Å². The molecule has 12 heteroatoms. The fourth-order valence-electron chi connectivity index (χ4n) is 2.41. The van der Waals surface area contributed by atoms with Gasteiger partial charge in [0.2, 0.25) is 0 Å². The number of rotatable bonds is 3. The van der Waals surface area contributed by atoms with Crippen LogP contribution in [0.2, 0.25) is 0 Å². The first-order chi connectivity index (χ1) is 12.6. The zero-order valence-electron chi connectivity index (χ0n) is 12.9. The largest absolute Gasteiger partial charge is 0.457 e. The fourth-order valence-corrected chi connectivity index (χ4v) is 4.38. The minimum atomic E-state index is -6.87. The van der Waals surface area contributed by atoms with Crippen LogP contribution in [-0.4, -0.2) is 18.3 Å². The van der Waals surface area contributed by atoms with E-state index in [2.05, 4.69) is 6.07 Å². The standard InChI is InChI=1S/C16H5F10I2/c17-10-4-2-1-3-8(10)12-9(5-7(27)6-11(12)28)13(18,15(21,22)23)14(19,20)16(24,25)26/h1-5H. The minimum absolute atomic E-state index is 0.150. The van der Waals surface area contributed by atoms with Crippen molar-refractivity contribution in [2.24, 2.45) is 0 Å². The van der Waals surface area contributed by atoms with E-state index in [1.165, 1.54) is 45.2 Å². The number of alkyl halides is 9. The summed E-state index contributed by atoms with van der Waals surface area (Å²) in [6.07, 6.45) is -13.6. The molecule has 1 unspecified atom stereocenters. The van der Waals surface area contributed by atoms with Gasteiger partial charge in [-0.15, -0.1) is 0 Å². The average Bonchev–Trinajstić information content (AvgIpc) is 2.52. The molecule has 0 aromatic heterocycles. The van der Waals surface area contributed by atoms with E-state index in [9.17, 15) is 39.5 Å². The molecule has 1 radical (unpaired) electrons. The van der Waals surface area contributed by atoms with Crippen LogP contribution < -0.4 is 0 Å². The van der Waals surface area contributed by atoms with Crippen molar-refractivity contribution in [3.8, 4) is 11.1 Å². The molecular formula is C16H5F10I2. The molecule has 0 nitrogen and oxygen atoms in total. The van der Waals surface area contributed by atoms with Gasteiger partial charge in [0.25, 0.3) is 0 Å². The summed E-state index contributed by atoms with van der Waals surface area (Å²) in [4.78, 5) is 0. The number of hydrogen-bond donors (Lipinski definition) is 0. The minimum Gasteiger partial charge on any atom is -0.221 e. The van der Waals surface area contributed by atoms with E-state index in [1.807, 2.05) is 0 Å². The molecule has 0 saturated carbocycles. The molecule has 2 aromatic rings. The molecule has 2 rings (SSSR count). The maximum absolute atomic E-state index is 15.0. The van der Waals surface area contributed by atoms with Crippen LogP contribution in [0.1, 0.15) is 5.56 Å². The van der Waals surface area contributed by atoms with Gasteiger partial charge in [-0.3, -0.25) is 0 Å². The fraction of sp³-hybridized carbons (Fsp3) is 0.250. The van der Waals surface area contributed by atoms with Gasteiger partial charge in [0.1, 0.15) is 5.82 Å². The lowest BCUT2D eigenvalue weighted by molar-refractivity contribution is -0.389. The van der Waals surface area contributed by atoms with E-state index in [4.69, 9.17) is 0 Å². The van der Waals surface area contributed by atoms with Crippen molar-refractivity contribution in [1.82, 2.24) is 0 Å². The topological polar surface area (TPSA) is 0 Å². The Morgan fingerprint density at radius 2 is 1.32 bits per heavy atom. The molecule has 0 aliphatic rings. The van der Waals surface area contributed by atoms with E-state index < -0.39 is 50.0 Å². The van der Waals surface area contributed by atoms with Gasteiger partial charge in [0, 0.05) is 29.9 Å². The number of benzene rings is 2. The zero-order chi connectivity index (χ0) is 21.7. The van der Waals surface area contributed by atoms with Crippen LogP contribution >= 0.6 is 45.2 Å². The molecule has 153 valence electrons. The van der Waals surface area contributed by atoms with Crippen LogP contribution in [-0.2, 0) is 5.67 Å². The quantitative estimate of drug-likeness (QED) is 0.242. The lowest BCUT2D eigenvalue weighted by Crippen LogP contribution is -2.60. The third-order valence-electron chi connectivity index (χ3n) is 3.68. The van der Waals surface area contributed by atoms with Crippen molar-refractivity contribution in [2.75, 3.05) is 0 Å². The second-order valence-electron chi connectivity index (χ2n) is 5.43. The lowest BCUT2D eigenvalue weighted by atomic mass is 9.82. The van der Waals surface area contributed by atoms with E-state index in [0.717, 1.165) is 24.3 Å². The first kappa shape index (κ1) is 23.5. The molecule has 0 bridgehead atoms. The molecule has 0 spiro atoms. The Morgan fingerprint density at radius 3 is 1.79 bits per heavy atom. The molecule has 0 saturated heterocycles. The third kappa shape index (κ3) is 3.69. The number of hydrogen-bond acceptors (Lipinski definition) is 0. The predicted octanol–water partition coefficient (Wildman–Crippen LogP) is 7.43. The van der Waals surface area contributed by atoms with Crippen LogP contribution in [0.15, 0.2) is 30.3 Å². The smallest absolute Gasteiger partial charge is 0.221 e. The maximum Gasteiger partial charge on any atom is 0.457 e. The van der Waals surface area contributed by atoms with Crippen molar-refractivity contribution in [1.29, 1.82) is 0 Å². The summed E-state index contributed by atoms with van der Waals surface area (Å²) in [5.41, 5.74) is -10.1. The first-order valence-corrected chi connectivity index (χ1v) is 9.08. The zero-order valence-corrected chi connectivity index (χ0v) is 17.2. The Balaban J connectivity index is 3.04. The molecule has 0 amide bonds. The van der Waals surface area contributed by atoms with Gasteiger partial charge < -0.3 is 0 Å². The second kappa shape index (κ2) is 7.47. The summed E-state index contributed by atoms with van der Waals surface area (Å²) in [5, 5.41) is 0. The molecular weight excluding hydrogens is 636 g/mol. The van der Waals surface area contributed by atoms with Crippen LogP contribution in [0.4, 0.5) is 43.9 Å². The van der Waals surface area contributed by atoms with Gasteiger partial charge in [-0.05, 0) is 57.3 Å². The highest BCUT2D eigenvalue weighted by Crippen LogP contribution is 2.60. The Labute approximate surface area is 178 Å². The Hall–Kier alpha value is -0.800. The van der Waals surface area contributed by atoms with Gasteiger partial charge in [-0.25, -0.2) is 8.78 Å². The van der Waals surface area contributed by atoms with Gasteiger partial charge in [0.15, 0.2) is 0 Å². The Kier molecular flexibility index (Phi) is 6.26. The van der Waals surface area contributed by atoms with Crippen LogP contribution in [0.5, 0.6) is 0 Å². The van der Waals surface area contributed by atoms with E-state index in [1.54, 1.807) is 0 Å². The summed E-state index contributed by atoms with van der Waals surface area (Å²) < 4.78 is 135. The summed E-state index contributed by atoms with van der Waals surface area (Å²) in [6.45, 7) is 0. The van der Waals surface area contributed by atoms with Crippen molar-refractivity contribution in [3.63, 3.8) is 0 Å². The third-order valence-corrected chi connectivity index (χ3v) is 5.07. The maximum atomic E-state index is 15.0. The van der Waals surface area contributed by atoms with Crippen LogP contribution in [0, 0.1) is 19.0 Å². The van der Waals surface area contributed by atoms with Gasteiger partial charge in [-0.1, -0.05) is 18.2 Å². The van der Waals surface area contributed by atoms with E-state index in [-0.39, 0.29) is 9.64 Å². The molecule has 0 aliphatic carbocycles. The highest BCUT2D eigenvalue weighted by atomic mass is 127. The molecule has 0 aliphatic heterocycles. The molecule has 2 aromatic carbocycles. The highest BCUT2D eigenvalue weighted by molar-refractivity contribution is 14.1. The molecule has 0 heterocycles. The lowest BCUT2D eigenvalue weighted by Gasteiger charge is -2.37. The monoisotopic (exact) mass is 641 g/mol. The van der Waals surface area contributed by atoms with Crippen molar-refractivity contribution in [2.45, 2.75) is 23.9 Å². The summed E-state index contributed by atoms with van der Waals surface area (Å²) in [6, 6.07) is 6.30. The molecule has 0 fully saturated rings. The SMILES string of the molecule is Fc1ccccc1-c1c(I)[c]c(I)cc1C(F)(C(F)(F)F)C(F)(F)C(F)(F)F. The highest BCUT2D eigenvalue weighted by Gasteiger charge is 2.82. The van der Waals surface area contributed by atoms with Gasteiger partial charge in [0.05, 0.1) is 0 Å². The Bertz CT molecular complexity index is 888. The number of halogens is 12. The molecule has 28 heavy (non-hydrogen) atoms. The van der Waals surface area contributed by atoms with E-state index in [0.29, 0.717) is 0 Å². The second-order valence-corrected chi connectivity index (χ2v) is 7.67. The van der Waals surface area contributed by atoms with Crippen LogP contribution in [0.25, 0.3) is 11.1 Å². The van der Waals surface area contributed by atoms with Gasteiger partial charge in [-0.2, -0.15) is 35.1 Å².